The van der Waals surface area contributed by atoms with E-state index >= 15 is 0 Å². The van der Waals surface area contributed by atoms with Crippen molar-refractivity contribution in [1.82, 2.24) is 15.6 Å². The predicted octanol–water partition coefficient (Wildman–Crippen LogP) is 2.80. The lowest BCUT2D eigenvalue weighted by molar-refractivity contribution is -0.146. The average Bonchev–Trinajstić information content (AvgIpc) is 3.36. The third kappa shape index (κ3) is 8.06. The van der Waals surface area contributed by atoms with Gasteiger partial charge in [0, 0.05) is 13.0 Å². The molecule has 190 valence electrons. The van der Waals surface area contributed by atoms with Gasteiger partial charge in [0.2, 0.25) is 5.91 Å². The third-order valence-electron chi connectivity index (χ3n) is 5.63. The second-order valence-corrected chi connectivity index (χ2v) is 8.21. The summed E-state index contributed by atoms with van der Waals surface area (Å²) >= 11 is 0. The summed E-state index contributed by atoms with van der Waals surface area (Å²) in [6.07, 6.45) is 2.69. The van der Waals surface area contributed by atoms with Gasteiger partial charge in [0.1, 0.15) is 11.8 Å². The Balaban J connectivity index is 1.70. The van der Waals surface area contributed by atoms with Crippen molar-refractivity contribution >= 4 is 17.8 Å². The first-order chi connectivity index (χ1) is 17.5. The number of carbonyl (C=O) groups excluding carboxylic acids is 2. The fourth-order valence-electron chi connectivity index (χ4n) is 3.83. The number of carboxylic acid groups (broad SMARTS) is 1. The number of hydrogen-bond acceptors (Lipinski definition) is 7. The molecule has 36 heavy (non-hydrogen) atoms. The van der Waals surface area contributed by atoms with Gasteiger partial charge in [-0.15, -0.1) is 0 Å². The number of amides is 1. The molecule has 0 aliphatic rings. The lowest BCUT2D eigenvalue weighted by atomic mass is 10.0. The van der Waals surface area contributed by atoms with Gasteiger partial charge in [0.05, 0.1) is 12.6 Å². The van der Waals surface area contributed by atoms with Gasteiger partial charge in [-0.3, -0.25) is 14.9 Å². The molecule has 2 atom stereocenters. The van der Waals surface area contributed by atoms with E-state index in [1.807, 2.05) is 60.7 Å². The Kier molecular flexibility index (Phi) is 10.2. The first kappa shape index (κ1) is 26.6. The molecule has 2 unspecified atom stereocenters. The molecule has 0 fully saturated rings. The van der Waals surface area contributed by atoms with Gasteiger partial charge in [0.25, 0.3) is 0 Å². The summed E-state index contributed by atoms with van der Waals surface area (Å²) in [5, 5.41) is 15.2. The summed E-state index contributed by atoms with van der Waals surface area (Å²) < 4.78 is 10.4. The van der Waals surface area contributed by atoms with Gasteiger partial charge in [-0.25, -0.2) is 9.78 Å². The summed E-state index contributed by atoms with van der Waals surface area (Å²) in [7, 11) is 0. The highest BCUT2D eigenvalue weighted by atomic mass is 16.5. The average molecular weight is 494 g/mol. The van der Waals surface area contributed by atoms with Gasteiger partial charge >= 0.3 is 11.9 Å². The smallest absolute Gasteiger partial charge is 0.358 e. The summed E-state index contributed by atoms with van der Waals surface area (Å²) in [6.45, 7) is 2.13. The van der Waals surface area contributed by atoms with Crippen LogP contribution in [0.3, 0.4) is 0 Å². The normalized spacial score (nSPS) is 12.5. The van der Waals surface area contributed by atoms with Crippen molar-refractivity contribution in [2.45, 2.75) is 44.7 Å². The molecule has 0 aliphatic heterocycles. The van der Waals surface area contributed by atoms with E-state index in [4.69, 9.17) is 9.15 Å². The topological polar surface area (TPSA) is 131 Å². The van der Waals surface area contributed by atoms with Gasteiger partial charge in [-0.2, -0.15) is 0 Å². The van der Waals surface area contributed by atoms with Crippen LogP contribution in [0.15, 0.2) is 71.5 Å². The maximum atomic E-state index is 13.2. The molecule has 9 nitrogen and oxygen atoms in total. The van der Waals surface area contributed by atoms with Crippen molar-refractivity contribution in [3.05, 3.63) is 89.6 Å². The van der Waals surface area contributed by atoms with Crippen molar-refractivity contribution in [2.75, 3.05) is 13.2 Å². The minimum absolute atomic E-state index is 0.148. The highest BCUT2D eigenvalue weighted by Gasteiger charge is 2.27. The number of benzene rings is 2. The molecule has 2 aromatic carbocycles. The molecular formula is C27H31N3O6. The van der Waals surface area contributed by atoms with E-state index in [-0.39, 0.29) is 36.9 Å². The number of nitrogens with one attached hydrogen (secondary N) is 2. The van der Waals surface area contributed by atoms with Gasteiger partial charge in [-0.05, 0) is 37.3 Å². The largest absolute Gasteiger partial charge is 0.476 e. The van der Waals surface area contributed by atoms with Gasteiger partial charge in [-0.1, -0.05) is 60.7 Å². The summed E-state index contributed by atoms with van der Waals surface area (Å²) in [5.41, 5.74) is 1.84. The third-order valence-corrected chi connectivity index (χ3v) is 5.63. The Bertz CT molecular complexity index is 1120. The number of carboxylic acids is 1. The highest BCUT2D eigenvalue weighted by molar-refractivity contribution is 5.86. The zero-order chi connectivity index (χ0) is 25.8. The van der Waals surface area contributed by atoms with Crippen molar-refractivity contribution < 1.29 is 28.6 Å². The molecule has 3 aromatic rings. The fourth-order valence-corrected chi connectivity index (χ4v) is 3.83. The SMILES string of the molecule is CCOC(=O)C(CCc1ccccc1)NC(Cc1ccccc1)C(=O)NCCc1ocnc1C(=O)O. The molecule has 1 amide bonds. The van der Waals surface area contributed by atoms with E-state index in [2.05, 4.69) is 15.6 Å². The molecule has 3 N–H and O–H groups in total. The van der Waals surface area contributed by atoms with Crippen LogP contribution >= 0.6 is 0 Å². The fraction of sp³-hybridized carbons (Fsp3) is 0.333. The van der Waals surface area contributed by atoms with Crippen LogP contribution in [0, 0.1) is 0 Å². The zero-order valence-corrected chi connectivity index (χ0v) is 20.2. The molecule has 1 heterocycles. The number of aromatic nitrogens is 1. The number of aryl methyl sites for hydroxylation is 1. The Labute approximate surface area is 209 Å². The van der Waals surface area contributed by atoms with Gasteiger partial charge in [0.15, 0.2) is 12.1 Å². The second-order valence-electron chi connectivity index (χ2n) is 8.21. The maximum Gasteiger partial charge on any atom is 0.358 e. The van der Waals surface area contributed by atoms with Crippen LogP contribution in [-0.4, -0.2) is 53.2 Å². The number of esters is 1. The van der Waals surface area contributed by atoms with E-state index in [1.165, 1.54) is 0 Å². The van der Waals surface area contributed by atoms with Crippen LogP contribution in [0.25, 0.3) is 0 Å². The van der Waals surface area contributed by atoms with Crippen LogP contribution in [0.1, 0.15) is 40.7 Å². The lowest BCUT2D eigenvalue weighted by Gasteiger charge is -2.24. The molecule has 0 bridgehead atoms. The molecular weight excluding hydrogens is 462 g/mol. The van der Waals surface area contributed by atoms with Crippen LogP contribution in [0.5, 0.6) is 0 Å². The molecule has 0 aliphatic carbocycles. The van der Waals surface area contributed by atoms with E-state index < -0.39 is 24.0 Å². The van der Waals surface area contributed by atoms with Crippen LogP contribution in [-0.2, 0) is 33.6 Å². The van der Waals surface area contributed by atoms with E-state index in [0.29, 0.717) is 19.3 Å². The number of carbonyl (C=O) groups is 3. The Morgan fingerprint density at radius 3 is 2.28 bits per heavy atom. The second kappa shape index (κ2) is 13.8. The lowest BCUT2D eigenvalue weighted by Crippen LogP contribution is -2.52. The van der Waals surface area contributed by atoms with Crippen molar-refractivity contribution in [3.63, 3.8) is 0 Å². The molecule has 0 saturated heterocycles. The van der Waals surface area contributed by atoms with Crippen LogP contribution < -0.4 is 10.6 Å². The monoisotopic (exact) mass is 493 g/mol. The van der Waals surface area contributed by atoms with E-state index in [0.717, 1.165) is 17.5 Å². The first-order valence-electron chi connectivity index (χ1n) is 11.9. The summed E-state index contributed by atoms with van der Waals surface area (Å²) in [4.78, 5) is 40.9. The molecule has 3 rings (SSSR count). The maximum absolute atomic E-state index is 13.2. The van der Waals surface area contributed by atoms with Crippen LogP contribution in [0.4, 0.5) is 0 Å². The van der Waals surface area contributed by atoms with Crippen molar-refractivity contribution in [3.8, 4) is 0 Å². The summed E-state index contributed by atoms with van der Waals surface area (Å²) in [5.74, 6) is -1.73. The van der Waals surface area contributed by atoms with E-state index in [1.54, 1.807) is 6.92 Å². The number of oxazole rings is 1. The molecule has 0 radical (unpaired) electrons. The molecule has 0 spiro atoms. The molecule has 1 aromatic heterocycles. The Hall–Kier alpha value is -3.98. The number of aromatic carboxylic acids is 1. The number of rotatable bonds is 14. The highest BCUT2D eigenvalue weighted by Crippen LogP contribution is 2.11. The Morgan fingerprint density at radius 2 is 1.64 bits per heavy atom. The standard InChI is InChI=1S/C27H31N3O6/c1-2-35-27(34)21(14-13-19-9-5-3-6-10-19)30-22(17-20-11-7-4-8-12-20)25(31)28-16-15-23-24(26(32)33)29-18-36-23/h3-12,18,21-22,30H,2,13-17H2,1H3,(H,28,31)(H,32,33). The molecule has 9 heteroatoms. The van der Waals surface area contributed by atoms with E-state index in [9.17, 15) is 19.5 Å². The quantitative estimate of drug-likeness (QED) is 0.292. The first-order valence-corrected chi connectivity index (χ1v) is 11.9. The number of ether oxygens (including phenoxy) is 1. The van der Waals surface area contributed by atoms with Crippen molar-refractivity contribution in [2.24, 2.45) is 0 Å². The zero-order valence-electron chi connectivity index (χ0n) is 20.2. The number of nitrogens with zero attached hydrogens (tertiary/aromatic N) is 1. The Morgan fingerprint density at radius 1 is 0.972 bits per heavy atom. The summed E-state index contributed by atoms with van der Waals surface area (Å²) in [6, 6.07) is 17.9. The van der Waals surface area contributed by atoms with Crippen LogP contribution in [0.2, 0.25) is 0 Å². The van der Waals surface area contributed by atoms with Crippen molar-refractivity contribution in [1.29, 1.82) is 0 Å². The van der Waals surface area contributed by atoms with Gasteiger partial charge < -0.3 is 19.6 Å². The number of hydrogen-bond donors (Lipinski definition) is 3. The minimum Gasteiger partial charge on any atom is -0.476 e. The molecule has 0 saturated carbocycles. The predicted molar refractivity (Wildman–Crippen MR) is 132 cm³/mol. The minimum atomic E-state index is -1.19.